The second kappa shape index (κ2) is 6.05. The molecule has 0 saturated carbocycles. The Morgan fingerprint density at radius 2 is 2.22 bits per heavy atom. The molecule has 1 N–H and O–H groups in total. The Morgan fingerprint density at radius 3 is 2.94 bits per heavy atom. The minimum atomic E-state index is 0.464. The van der Waals surface area contributed by atoms with Gasteiger partial charge in [-0.2, -0.15) is 0 Å². The summed E-state index contributed by atoms with van der Waals surface area (Å²) in [7, 11) is 0. The zero-order valence-electron chi connectivity index (χ0n) is 10.7. The fraction of sp³-hybridized carbons (Fsp3) is 0.357. The van der Waals surface area contributed by atoms with Crippen molar-refractivity contribution in [3.8, 4) is 0 Å². The number of aromatic nitrogens is 2. The highest BCUT2D eigenvalue weighted by molar-refractivity contribution is 9.10. The van der Waals surface area contributed by atoms with E-state index in [1.807, 2.05) is 24.5 Å². The highest BCUT2D eigenvalue weighted by Gasteiger charge is 2.06. The predicted octanol–water partition coefficient (Wildman–Crippen LogP) is 3.88. The number of nitrogens with one attached hydrogen (secondary N) is 1. The molecule has 18 heavy (non-hydrogen) atoms. The Labute approximate surface area is 116 Å². The number of imidazole rings is 1. The van der Waals surface area contributed by atoms with Crippen molar-refractivity contribution < 1.29 is 0 Å². The van der Waals surface area contributed by atoms with Gasteiger partial charge in [-0.3, -0.25) is 0 Å². The number of benzene rings is 1. The lowest BCUT2D eigenvalue weighted by Crippen LogP contribution is -2.13. The largest absolute Gasteiger partial charge is 0.383 e. The first kappa shape index (κ1) is 13.1. The van der Waals surface area contributed by atoms with Crippen molar-refractivity contribution >= 4 is 21.6 Å². The van der Waals surface area contributed by atoms with Gasteiger partial charge in [0.1, 0.15) is 5.82 Å². The number of rotatable bonds is 5. The second-order valence-electron chi connectivity index (χ2n) is 4.57. The zero-order valence-corrected chi connectivity index (χ0v) is 12.3. The van der Waals surface area contributed by atoms with Crippen molar-refractivity contribution in [3.63, 3.8) is 0 Å². The third-order valence-corrected chi connectivity index (χ3v) is 3.26. The van der Waals surface area contributed by atoms with E-state index in [2.05, 4.69) is 56.8 Å². The van der Waals surface area contributed by atoms with E-state index in [1.54, 1.807) is 0 Å². The van der Waals surface area contributed by atoms with Crippen LogP contribution in [0.4, 0.5) is 5.69 Å². The lowest BCUT2D eigenvalue weighted by molar-refractivity contribution is 0.637. The molecule has 3 nitrogen and oxygen atoms in total. The van der Waals surface area contributed by atoms with Crippen LogP contribution >= 0.6 is 15.9 Å². The summed E-state index contributed by atoms with van der Waals surface area (Å²) < 4.78 is 3.30. The highest BCUT2D eigenvalue weighted by Crippen LogP contribution is 2.16. The first-order valence-electron chi connectivity index (χ1n) is 6.17. The maximum Gasteiger partial charge on any atom is 0.111 e. The van der Waals surface area contributed by atoms with Gasteiger partial charge in [0.05, 0.1) is 0 Å². The van der Waals surface area contributed by atoms with Crippen molar-refractivity contribution in [1.29, 1.82) is 0 Å². The number of hydrogen-bond acceptors (Lipinski definition) is 2. The van der Waals surface area contributed by atoms with Crippen molar-refractivity contribution in [2.45, 2.75) is 26.3 Å². The maximum absolute atomic E-state index is 4.38. The molecule has 0 saturated heterocycles. The van der Waals surface area contributed by atoms with Crippen LogP contribution < -0.4 is 5.32 Å². The average molecular weight is 308 g/mol. The highest BCUT2D eigenvalue weighted by atomic mass is 79.9. The van der Waals surface area contributed by atoms with E-state index < -0.39 is 0 Å². The van der Waals surface area contributed by atoms with Crippen molar-refractivity contribution in [2.75, 3.05) is 11.9 Å². The van der Waals surface area contributed by atoms with Gasteiger partial charge in [-0.25, -0.2) is 4.98 Å². The standard InChI is InChI=1S/C14H18BrN3/c1-11(2)14-17-7-9-18(14)8-6-16-13-5-3-4-12(15)10-13/h3-5,7,9-11,16H,6,8H2,1-2H3. The van der Waals surface area contributed by atoms with Gasteiger partial charge in [-0.05, 0) is 18.2 Å². The van der Waals surface area contributed by atoms with Crippen LogP contribution in [0.2, 0.25) is 0 Å². The van der Waals surface area contributed by atoms with Gasteiger partial charge in [0.2, 0.25) is 0 Å². The summed E-state index contributed by atoms with van der Waals surface area (Å²) in [6, 6.07) is 8.21. The molecule has 1 heterocycles. The van der Waals surface area contributed by atoms with Crippen molar-refractivity contribution in [1.82, 2.24) is 9.55 Å². The summed E-state index contributed by atoms with van der Waals surface area (Å²) in [5.74, 6) is 1.61. The van der Waals surface area contributed by atoms with E-state index in [1.165, 1.54) is 0 Å². The van der Waals surface area contributed by atoms with E-state index in [0.717, 1.165) is 29.1 Å². The summed E-state index contributed by atoms with van der Waals surface area (Å²) >= 11 is 3.47. The third-order valence-electron chi connectivity index (χ3n) is 2.77. The summed E-state index contributed by atoms with van der Waals surface area (Å²) in [4.78, 5) is 4.38. The molecule has 0 radical (unpaired) electrons. The summed E-state index contributed by atoms with van der Waals surface area (Å²) in [6.45, 7) is 6.16. The minimum Gasteiger partial charge on any atom is -0.383 e. The van der Waals surface area contributed by atoms with E-state index >= 15 is 0 Å². The van der Waals surface area contributed by atoms with Gasteiger partial charge in [0.15, 0.2) is 0 Å². The minimum absolute atomic E-state index is 0.464. The molecule has 0 bridgehead atoms. The fourth-order valence-corrected chi connectivity index (χ4v) is 2.33. The molecule has 96 valence electrons. The maximum atomic E-state index is 4.38. The van der Waals surface area contributed by atoms with Gasteiger partial charge in [0.25, 0.3) is 0 Å². The summed E-state index contributed by atoms with van der Waals surface area (Å²) in [5, 5.41) is 3.41. The van der Waals surface area contributed by atoms with E-state index in [9.17, 15) is 0 Å². The van der Waals surface area contributed by atoms with Crippen LogP contribution in [0.1, 0.15) is 25.6 Å². The molecule has 1 aromatic heterocycles. The third kappa shape index (κ3) is 3.35. The molecule has 0 aliphatic heterocycles. The molecule has 0 amide bonds. The number of nitrogens with zero attached hydrogens (tertiary/aromatic N) is 2. The molecule has 0 aliphatic rings. The molecule has 4 heteroatoms. The molecule has 0 atom stereocenters. The Kier molecular flexibility index (Phi) is 4.42. The molecule has 0 spiro atoms. The van der Waals surface area contributed by atoms with Crippen LogP contribution in [0, 0.1) is 0 Å². The van der Waals surface area contributed by atoms with Crippen LogP contribution in [0.3, 0.4) is 0 Å². The van der Waals surface area contributed by atoms with E-state index in [0.29, 0.717) is 5.92 Å². The van der Waals surface area contributed by atoms with Crippen molar-refractivity contribution in [3.05, 3.63) is 47.0 Å². The molecule has 2 aromatic rings. The van der Waals surface area contributed by atoms with Crippen LogP contribution in [0.15, 0.2) is 41.1 Å². The van der Waals surface area contributed by atoms with Crippen LogP contribution in [-0.4, -0.2) is 16.1 Å². The van der Waals surface area contributed by atoms with E-state index in [-0.39, 0.29) is 0 Å². The first-order chi connectivity index (χ1) is 8.66. The molecular formula is C14H18BrN3. The van der Waals surface area contributed by atoms with Crippen molar-refractivity contribution in [2.24, 2.45) is 0 Å². The lowest BCUT2D eigenvalue weighted by atomic mass is 10.2. The monoisotopic (exact) mass is 307 g/mol. The Bertz CT molecular complexity index is 505. The Hall–Kier alpha value is -1.29. The lowest BCUT2D eigenvalue weighted by Gasteiger charge is -2.11. The zero-order chi connectivity index (χ0) is 13.0. The topological polar surface area (TPSA) is 29.9 Å². The van der Waals surface area contributed by atoms with Gasteiger partial charge in [-0.1, -0.05) is 35.8 Å². The first-order valence-corrected chi connectivity index (χ1v) is 6.96. The molecular weight excluding hydrogens is 290 g/mol. The normalized spacial score (nSPS) is 10.9. The summed E-state index contributed by atoms with van der Waals surface area (Å²) in [6.07, 6.45) is 3.91. The molecule has 1 aromatic carbocycles. The Morgan fingerprint density at radius 1 is 1.39 bits per heavy atom. The molecule has 0 fully saturated rings. The van der Waals surface area contributed by atoms with Crippen LogP contribution in [-0.2, 0) is 6.54 Å². The SMILES string of the molecule is CC(C)c1nccn1CCNc1cccc(Br)c1. The smallest absolute Gasteiger partial charge is 0.111 e. The van der Waals surface area contributed by atoms with Gasteiger partial charge < -0.3 is 9.88 Å². The van der Waals surface area contributed by atoms with Crippen LogP contribution in [0.25, 0.3) is 0 Å². The molecule has 0 unspecified atom stereocenters. The number of hydrogen-bond donors (Lipinski definition) is 1. The Balaban J connectivity index is 1.90. The number of anilines is 1. The van der Waals surface area contributed by atoms with Gasteiger partial charge in [0, 0.05) is 41.6 Å². The second-order valence-corrected chi connectivity index (χ2v) is 5.49. The number of halogens is 1. The van der Waals surface area contributed by atoms with E-state index in [4.69, 9.17) is 0 Å². The summed E-state index contributed by atoms with van der Waals surface area (Å²) in [5.41, 5.74) is 1.13. The quantitative estimate of drug-likeness (QED) is 0.908. The fourth-order valence-electron chi connectivity index (χ4n) is 1.93. The average Bonchev–Trinajstić information content (AvgIpc) is 2.77. The predicted molar refractivity (Wildman–Crippen MR) is 78.9 cm³/mol. The molecule has 0 aliphatic carbocycles. The van der Waals surface area contributed by atoms with Gasteiger partial charge in [-0.15, -0.1) is 0 Å². The van der Waals surface area contributed by atoms with Crippen LogP contribution in [0.5, 0.6) is 0 Å². The van der Waals surface area contributed by atoms with Gasteiger partial charge >= 0.3 is 0 Å². The molecule has 2 rings (SSSR count).